The maximum Gasteiger partial charge on any atom is 0.0656 e. The molecule has 0 saturated carbocycles. The molecule has 0 radical (unpaired) electrons. The van der Waals surface area contributed by atoms with Crippen molar-refractivity contribution in [3.8, 4) is 0 Å². The fourth-order valence-electron chi connectivity index (χ4n) is 1.67. The summed E-state index contributed by atoms with van der Waals surface area (Å²) >= 11 is 7.91. The molecule has 0 fully saturated rings. The second kappa shape index (κ2) is 7.72. The van der Waals surface area contributed by atoms with Gasteiger partial charge in [-0.3, -0.25) is 0 Å². The SMILES string of the molecule is CSCCCCCNc1cc(Cl)c(N)cc1C. The minimum Gasteiger partial charge on any atom is -0.398 e. The molecule has 1 aromatic rings. The number of nitrogens with one attached hydrogen (secondary N) is 1. The number of halogens is 1. The van der Waals surface area contributed by atoms with Crippen molar-refractivity contribution < 1.29 is 0 Å². The highest BCUT2D eigenvalue weighted by Crippen LogP contribution is 2.26. The highest BCUT2D eigenvalue weighted by molar-refractivity contribution is 7.98. The van der Waals surface area contributed by atoms with E-state index in [0.29, 0.717) is 10.7 Å². The lowest BCUT2D eigenvalue weighted by atomic mass is 10.1. The van der Waals surface area contributed by atoms with E-state index in [1.165, 1.54) is 25.0 Å². The highest BCUT2D eigenvalue weighted by atomic mass is 35.5. The summed E-state index contributed by atoms with van der Waals surface area (Å²) in [5.41, 5.74) is 8.63. The molecule has 96 valence electrons. The molecule has 0 aliphatic carbocycles. The third-order valence-corrected chi connectivity index (χ3v) is 3.71. The molecule has 0 spiro atoms. The molecule has 0 atom stereocenters. The van der Waals surface area contributed by atoms with Crippen molar-refractivity contribution in [1.29, 1.82) is 0 Å². The molecular weight excluding hydrogens is 252 g/mol. The number of thioether (sulfide) groups is 1. The summed E-state index contributed by atoms with van der Waals surface area (Å²) in [6.45, 7) is 3.04. The Labute approximate surface area is 113 Å². The van der Waals surface area contributed by atoms with Crippen LogP contribution in [0.15, 0.2) is 12.1 Å². The molecule has 0 aliphatic heterocycles. The standard InChI is InChI=1S/C13H21ClN2S/c1-10-8-12(15)11(14)9-13(10)16-6-4-3-5-7-17-2/h8-9,16H,3-7,15H2,1-2H3. The van der Waals surface area contributed by atoms with Gasteiger partial charge in [0.2, 0.25) is 0 Å². The van der Waals surface area contributed by atoms with Gasteiger partial charge in [0.25, 0.3) is 0 Å². The first-order valence-corrected chi connectivity index (χ1v) is 7.70. The molecule has 17 heavy (non-hydrogen) atoms. The van der Waals surface area contributed by atoms with Crippen LogP contribution >= 0.6 is 23.4 Å². The Balaban J connectivity index is 2.34. The lowest BCUT2D eigenvalue weighted by Gasteiger charge is -2.11. The quantitative estimate of drug-likeness (QED) is 0.578. The predicted octanol–water partition coefficient (Wildman–Crippen LogP) is 4.18. The van der Waals surface area contributed by atoms with E-state index in [1.807, 2.05) is 30.8 Å². The van der Waals surface area contributed by atoms with E-state index >= 15 is 0 Å². The number of hydrogen-bond donors (Lipinski definition) is 2. The van der Waals surface area contributed by atoms with Crippen LogP contribution in [0.3, 0.4) is 0 Å². The van der Waals surface area contributed by atoms with Gasteiger partial charge in [0, 0.05) is 12.2 Å². The molecule has 3 N–H and O–H groups in total. The monoisotopic (exact) mass is 272 g/mol. The number of nitrogens with two attached hydrogens (primary N) is 1. The van der Waals surface area contributed by atoms with Crippen LogP contribution in [0.4, 0.5) is 11.4 Å². The van der Waals surface area contributed by atoms with E-state index in [-0.39, 0.29) is 0 Å². The van der Waals surface area contributed by atoms with Crippen molar-refractivity contribution in [1.82, 2.24) is 0 Å². The van der Waals surface area contributed by atoms with Gasteiger partial charge in [-0.25, -0.2) is 0 Å². The first kappa shape index (κ1) is 14.5. The zero-order valence-electron chi connectivity index (χ0n) is 10.6. The summed E-state index contributed by atoms with van der Waals surface area (Å²) in [5, 5.41) is 4.04. The third-order valence-electron chi connectivity index (χ3n) is 2.68. The number of benzene rings is 1. The summed E-state index contributed by atoms with van der Waals surface area (Å²) in [7, 11) is 0. The van der Waals surface area contributed by atoms with Gasteiger partial charge in [-0.2, -0.15) is 11.8 Å². The van der Waals surface area contributed by atoms with Gasteiger partial charge in [-0.15, -0.1) is 0 Å². The van der Waals surface area contributed by atoms with Gasteiger partial charge in [0.15, 0.2) is 0 Å². The van der Waals surface area contributed by atoms with Crippen LogP contribution in [0.5, 0.6) is 0 Å². The first-order valence-electron chi connectivity index (χ1n) is 5.93. The molecule has 0 heterocycles. The number of nitrogen functional groups attached to an aromatic ring is 1. The lowest BCUT2D eigenvalue weighted by molar-refractivity contribution is 0.749. The summed E-state index contributed by atoms with van der Waals surface area (Å²) in [6, 6.07) is 3.83. The maximum absolute atomic E-state index is 6.00. The average Bonchev–Trinajstić information content (AvgIpc) is 2.30. The highest BCUT2D eigenvalue weighted by Gasteiger charge is 2.02. The van der Waals surface area contributed by atoms with E-state index in [9.17, 15) is 0 Å². The number of anilines is 2. The van der Waals surface area contributed by atoms with Crippen LogP contribution in [-0.4, -0.2) is 18.6 Å². The minimum absolute atomic E-state index is 0.625. The number of rotatable bonds is 7. The van der Waals surface area contributed by atoms with Gasteiger partial charge in [0.1, 0.15) is 0 Å². The fraction of sp³-hybridized carbons (Fsp3) is 0.538. The van der Waals surface area contributed by atoms with Crippen LogP contribution in [0, 0.1) is 6.92 Å². The summed E-state index contributed by atoms with van der Waals surface area (Å²) < 4.78 is 0. The van der Waals surface area contributed by atoms with Crippen LogP contribution in [0.2, 0.25) is 5.02 Å². The lowest BCUT2D eigenvalue weighted by Crippen LogP contribution is -2.04. The molecule has 2 nitrogen and oxygen atoms in total. The Bertz CT molecular complexity index is 356. The Morgan fingerprint density at radius 2 is 2.06 bits per heavy atom. The molecule has 4 heteroatoms. The Hall–Kier alpha value is -0.540. The second-order valence-corrected chi connectivity index (χ2v) is 5.56. The molecule has 0 unspecified atom stereocenters. The molecule has 1 aromatic carbocycles. The van der Waals surface area contributed by atoms with Crippen LogP contribution in [0.25, 0.3) is 0 Å². The molecule has 0 aliphatic rings. The van der Waals surface area contributed by atoms with E-state index < -0.39 is 0 Å². The van der Waals surface area contributed by atoms with Crippen molar-refractivity contribution in [3.63, 3.8) is 0 Å². The molecular formula is C13H21ClN2S. The first-order chi connectivity index (χ1) is 8.15. The number of aryl methyl sites for hydroxylation is 1. The van der Waals surface area contributed by atoms with Gasteiger partial charge < -0.3 is 11.1 Å². The van der Waals surface area contributed by atoms with Crippen molar-refractivity contribution in [3.05, 3.63) is 22.7 Å². The van der Waals surface area contributed by atoms with Crippen LogP contribution in [-0.2, 0) is 0 Å². The molecule has 0 saturated heterocycles. The third kappa shape index (κ3) is 5.09. The molecule has 0 aromatic heterocycles. The van der Waals surface area contributed by atoms with E-state index in [4.69, 9.17) is 17.3 Å². The number of hydrogen-bond acceptors (Lipinski definition) is 3. The molecule has 1 rings (SSSR count). The second-order valence-electron chi connectivity index (χ2n) is 4.17. The zero-order chi connectivity index (χ0) is 12.7. The van der Waals surface area contributed by atoms with Crippen molar-refractivity contribution in [2.75, 3.05) is 29.6 Å². The average molecular weight is 273 g/mol. The fourth-order valence-corrected chi connectivity index (χ4v) is 2.32. The van der Waals surface area contributed by atoms with Crippen LogP contribution in [0.1, 0.15) is 24.8 Å². The molecule has 0 bridgehead atoms. The van der Waals surface area contributed by atoms with Gasteiger partial charge >= 0.3 is 0 Å². The Kier molecular flexibility index (Phi) is 6.60. The van der Waals surface area contributed by atoms with Gasteiger partial charge in [0.05, 0.1) is 10.7 Å². The zero-order valence-corrected chi connectivity index (χ0v) is 12.1. The van der Waals surface area contributed by atoms with Gasteiger partial charge in [-0.1, -0.05) is 18.0 Å². The normalized spacial score (nSPS) is 10.5. The van der Waals surface area contributed by atoms with Gasteiger partial charge in [-0.05, 0) is 49.5 Å². The van der Waals surface area contributed by atoms with Crippen molar-refractivity contribution in [2.45, 2.75) is 26.2 Å². The van der Waals surface area contributed by atoms with E-state index in [2.05, 4.69) is 11.6 Å². The van der Waals surface area contributed by atoms with E-state index in [1.54, 1.807) is 0 Å². The van der Waals surface area contributed by atoms with Crippen molar-refractivity contribution in [2.24, 2.45) is 0 Å². The summed E-state index contributed by atoms with van der Waals surface area (Å²) in [5.74, 6) is 1.26. The maximum atomic E-state index is 6.00. The Morgan fingerprint density at radius 3 is 2.76 bits per heavy atom. The largest absolute Gasteiger partial charge is 0.398 e. The topological polar surface area (TPSA) is 38.0 Å². The minimum atomic E-state index is 0.625. The van der Waals surface area contributed by atoms with Crippen LogP contribution < -0.4 is 11.1 Å². The Morgan fingerprint density at radius 1 is 1.29 bits per heavy atom. The van der Waals surface area contributed by atoms with E-state index in [0.717, 1.165) is 17.8 Å². The smallest absolute Gasteiger partial charge is 0.0656 e. The molecule has 0 amide bonds. The summed E-state index contributed by atoms with van der Waals surface area (Å²) in [4.78, 5) is 0. The summed E-state index contributed by atoms with van der Waals surface area (Å²) in [6.07, 6.45) is 5.92. The number of unbranched alkanes of at least 4 members (excludes halogenated alkanes) is 2. The predicted molar refractivity (Wildman–Crippen MR) is 81.3 cm³/mol. The van der Waals surface area contributed by atoms with Crippen molar-refractivity contribution >= 4 is 34.7 Å².